The molecule has 2 N–H and O–H groups in total. The van der Waals surface area contributed by atoms with Crippen LogP contribution in [0.2, 0.25) is 0 Å². The summed E-state index contributed by atoms with van der Waals surface area (Å²) in [5.41, 5.74) is 6.80. The lowest BCUT2D eigenvalue weighted by Gasteiger charge is -2.20. The Kier molecular flexibility index (Phi) is 4.29. The first kappa shape index (κ1) is 14.8. The second-order valence-electron chi connectivity index (χ2n) is 4.96. The third-order valence-corrected chi connectivity index (χ3v) is 5.20. The first-order valence-electron chi connectivity index (χ1n) is 6.45. The molecule has 0 atom stereocenters. The van der Waals surface area contributed by atoms with Gasteiger partial charge in [0.1, 0.15) is 0 Å². The van der Waals surface area contributed by atoms with Gasteiger partial charge in [-0.25, -0.2) is 8.42 Å². The van der Waals surface area contributed by atoms with Crippen LogP contribution >= 0.6 is 0 Å². The highest BCUT2D eigenvalue weighted by Gasteiger charge is 2.28. The van der Waals surface area contributed by atoms with Gasteiger partial charge in [-0.2, -0.15) is 4.31 Å². The summed E-state index contributed by atoms with van der Waals surface area (Å²) in [6, 6.07) is 6.88. The number of nitrogens with two attached hydrogens (primary N) is 1. The van der Waals surface area contributed by atoms with Gasteiger partial charge in [-0.3, -0.25) is 4.79 Å². The van der Waals surface area contributed by atoms with Crippen LogP contribution < -0.4 is 5.73 Å². The predicted molar refractivity (Wildman–Crippen MR) is 77.3 cm³/mol. The molecule has 6 nitrogen and oxygen atoms in total. The van der Waals surface area contributed by atoms with E-state index in [1.807, 2.05) is 0 Å². The first-order chi connectivity index (χ1) is 9.40. The summed E-state index contributed by atoms with van der Waals surface area (Å²) < 4.78 is 26.1. The highest BCUT2D eigenvalue weighted by molar-refractivity contribution is 7.88. The fraction of sp³-hybridized carbons (Fsp3) is 0.462. The largest absolute Gasteiger partial charge is 0.398 e. The molecule has 1 saturated heterocycles. The average molecular weight is 297 g/mol. The lowest BCUT2D eigenvalue weighted by molar-refractivity contribution is -0.129. The lowest BCUT2D eigenvalue weighted by atomic mass is 10.2. The monoisotopic (exact) mass is 297 g/mol. The van der Waals surface area contributed by atoms with Gasteiger partial charge in [-0.05, 0) is 18.1 Å². The number of nitrogen functional groups attached to an aromatic ring is 1. The van der Waals surface area contributed by atoms with Gasteiger partial charge in [0.05, 0.1) is 12.3 Å². The number of likely N-dealkylation sites (N-methyl/N-ethyl adjacent to an activating group) is 1. The first-order valence-corrected chi connectivity index (χ1v) is 8.06. The fourth-order valence-electron chi connectivity index (χ4n) is 2.15. The van der Waals surface area contributed by atoms with E-state index in [1.54, 1.807) is 36.2 Å². The van der Waals surface area contributed by atoms with Crippen LogP contribution in [0.1, 0.15) is 12.0 Å². The van der Waals surface area contributed by atoms with Crippen LogP contribution in [0.15, 0.2) is 24.3 Å². The molecule has 0 saturated carbocycles. The van der Waals surface area contributed by atoms with Crippen molar-refractivity contribution in [2.45, 2.75) is 12.2 Å². The Bertz CT molecular complexity index is 601. The third-order valence-electron chi connectivity index (χ3n) is 3.42. The number of nitrogens with zero attached hydrogens (tertiary/aromatic N) is 2. The van der Waals surface area contributed by atoms with Crippen LogP contribution in [0.3, 0.4) is 0 Å². The van der Waals surface area contributed by atoms with E-state index in [0.717, 1.165) is 0 Å². The van der Waals surface area contributed by atoms with Crippen LogP contribution in [-0.2, 0) is 20.6 Å². The number of carbonyl (C=O) groups excluding carboxylic acids is 1. The lowest BCUT2D eigenvalue weighted by Crippen LogP contribution is -2.38. The van der Waals surface area contributed by atoms with Crippen molar-refractivity contribution in [2.24, 2.45) is 0 Å². The van der Waals surface area contributed by atoms with Gasteiger partial charge in [-0.15, -0.1) is 0 Å². The molecule has 0 unspecified atom stereocenters. The highest BCUT2D eigenvalue weighted by Crippen LogP contribution is 2.18. The molecule has 20 heavy (non-hydrogen) atoms. The molecular formula is C13H19N3O3S. The minimum absolute atomic E-state index is 0.0917. The quantitative estimate of drug-likeness (QED) is 0.811. The predicted octanol–water partition coefficient (Wildman–Crippen LogP) is 0.263. The molecule has 7 heteroatoms. The number of hydrogen-bond donors (Lipinski definition) is 1. The van der Waals surface area contributed by atoms with Crippen LogP contribution in [0.4, 0.5) is 5.69 Å². The molecule has 0 bridgehead atoms. The van der Waals surface area contributed by atoms with Gasteiger partial charge in [0.25, 0.3) is 0 Å². The summed E-state index contributed by atoms with van der Waals surface area (Å²) >= 11 is 0. The number of sulfonamides is 1. The second-order valence-corrected chi connectivity index (χ2v) is 6.93. The highest BCUT2D eigenvalue weighted by atomic mass is 32.2. The van der Waals surface area contributed by atoms with E-state index in [2.05, 4.69) is 0 Å². The van der Waals surface area contributed by atoms with Crippen LogP contribution in [0.5, 0.6) is 0 Å². The summed E-state index contributed by atoms with van der Waals surface area (Å²) in [6.07, 6.45) is 0.645. The Labute approximate surface area is 119 Å². The molecule has 2 rings (SSSR count). The molecule has 110 valence electrons. The Hall–Kier alpha value is -1.60. The molecule has 1 aliphatic rings. The molecule has 1 amide bonds. The Morgan fingerprint density at radius 1 is 1.25 bits per heavy atom. The molecule has 0 aromatic heterocycles. The van der Waals surface area contributed by atoms with Crippen molar-refractivity contribution in [2.75, 3.05) is 32.4 Å². The number of anilines is 1. The number of benzene rings is 1. The maximum Gasteiger partial charge on any atom is 0.237 e. The van der Waals surface area contributed by atoms with Crippen molar-refractivity contribution < 1.29 is 13.2 Å². The van der Waals surface area contributed by atoms with Gasteiger partial charge < -0.3 is 10.6 Å². The van der Waals surface area contributed by atoms with Crippen molar-refractivity contribution in [3.05, 3.63) is 29.8 Å². The van der Waals surface area contributed by atoms with E-state index in [4.69, 9.17) is 5.73 Å². The molecule has 1 heterocycles. The van der Waals surface area contributed by atoms with Crippen molar-refractivity contribution >= 4 is 21.6 Å². The topological polar surface area (TPSA) is 83.7 Å². The van der Waals surface area contributed by atoms with Gasteiger partial charge in [0, 0.05) is 25.8 Å². The minimum atomic E-state index is -3.53. The van der Waals surface area contributed by atoms with Gasteiger partial charge in [0.2, 0.25) is 15.9 Å². The molecule has 0 radical (unpaired) electrons. The van der Waals surface area contributed by atoms with Crippen LogP contribution in [0, 0.1) is 0 Å². The van der Waals surface area contributed by atoms with Gasteiger partial charge >= 0.3 is 0 Å². The van der Waals surface area contributed by atoms with Crippen molar-refractivity contribution in [3.8, 4) is 0 Å². The zero-order valence-electron chi connectivity index (χ0n) is 11.4. The van der Waals surface area contributed by atoms with E-state index in [9.17, 15) is 13.2 Å². The third kappa shape index (κ3) is 3.29. The second kappa shape index (κ2) is 5.80. The summed E-state index contributed by atoms with van der Waals surface area (Å²) in [6.45, 7) is 0.856. The van der Waals surface area contributed by atoms with E-state index >= 15 is 0 Å². The Morgan fingerprint density at radius 3 is 2.65 bits per heavy atom. The van der Waals surface area contributed by atoms with E-state index < -0.39 is 10.0 Å². The van der Waals surface area contributed by atoms with E-state index in [0.29, 0.717) is 30.8 Å². The standard InChI is InChI=1S/C13H19N3O3S/c1-15-7-4-8-16(9-13(15)17)20(18,19)10-11-5-2-3-6-12(11)14/h2-3,5-6H,4,7-10,14H2,1H3. The fourth-order valence-corrected chi connectivity index (χ4v) is 3.70. The molecular weight excluding hydrogens is 278 g/mol. The molecule has 0 aliphatic carbocycles. The number of rotatable bonds is 3. The van der Waals surface area contributed by atoms with Crippen LogP contribution in [-0.4, -0.2) is 50.2 Å². The number of hydrogen-bond acceptors (Lipinski definition) is 4. The summed E-state index contributed by atoms with van der Waals surface area (Å²) in [7, 11) is -1.84. The maximum absolute atomic E-state index is 12.4. The molecule has 0 spiro atoms. The number of amides is 1. The Morgan fingerprint density at radius 2 is 1.95 bits per heavy atom. The Balaban J connectivity index is 2.18. The van der Waals surface area contributed by atoms with Crippen molar-refractivity contribution in [3.63, 3.8) is 0 Å². The zero-order chi connectivity index (χ0) is 14.8. The average Bonchev–Trinajstić information content (AvgIpc) is 2.55. The van der Waals surface area contributed by atoms with Gasteiger partial charge in [0.15, 0.2) is 0 Å². The van der Waals surface area contributed by atoms with Crippen molar-refractivity contribution in [1.82, 2.24) is 9.21 Å². The number of carbonyl (C=O) groups is 1. The number of para-hydroxylation sites is 1. The van der Waals surface area contributed by atoms with Crippen LogP contribution in [0.25, 0.3) is 0 Å². The molecule has 1 aromatic carbocycles. The summed E-state index contributed by atoms with van der Waals surface area (Å²) in [5.74, 6) is -0.344. The minimum Gasteiger partial charge on any atom is -0.398 e. The molecule has 1 fully saturated rings. The van der Waals surface area contributed by atoms with Crippen molar-refractivity contribution in [1.29, 1.82) is 0 Å². The van der Waals surface area contributed by atoms with Gasteiger partial charge in [-0.1, -0.05) is 18.2 Å². The zero-order valence-corrected chi connectivity index (χ0v) is 12.3. The maximum atomic E-state index is 12.4. The smallest absolute Gasteiger partial charge is 0.237 e. The molecule has 1 aliphatic heterocycles. The SMILES string of the molecule is CN1CCCN(S(=O)(=O)Cc2ccccc2N)CC1=O. The van der Waals surface area contributed by atoms with E-state index in [1.165, 1.54) is 4.31 Å². The summed E-state index contributed by atoms with van der Waals surface area (Å²) in [4.78, 5) is 13.3. The normalized spacial score (nSPS) is 18.1. The molecule has 1 aromatic rings. The summed E-state index contributed by atoms with van der Waals surface area (Å²) in [5, 5.41) is 0. The van der Waals surface area contributed by atoms with E-state index in [-0.39, 0.29) is 18.2 Å².